The van der Waals surface area contributed by atoms with Crippen molar-refractivity contribution in [2.45, 2.75) is 6.16 Å². The smallest absolute Gasteiger partial charge is 0.423 e. The zero-order valence-corrected chi connectivity index (χ0v) is 10.1. The van der Waals surface area contributed by atoms with E-state index in [0.717, 1.165) is 5.56 Å². The Kier molecular flexibility index (Phi) is 4.71. The van der Waals surface area contributed by atoms with Crippen molar-refractivity contribution < 1.29 is 23.7 Å². The molecular weight excluding hydrogens is 230 g/mol. The van der Waals surface area contributed by atoms with Crippen molar-refractivity contribution in [2.24, 2.45) is 0 Å². The van der Waals surface area contributed by atoms with Crippen molar-refractivity contribution >= 4 is 20.2 Å². The highest BCUT2D eigenvalue weighted by Gasteiger charge is 2.21. The van der Waals surface area contributed by atoms with E-state index in [0.29, 0.717) is 5.46 Å². The zero-order valence-electron chi connectivity index (χ0n) is 9.16. The van der Waals surface area contributed by atoms with Crippen LogP contribution in [0.15, 0.2) is 24.3 Å². The van der Waals surface area contributed by atoms with Gasteiger partial charge in [0.15, 0.2) is 0 Å². The predicted octanol–water partition coefficient (Wildman–Crippen LogP) is 0.352. The molecule has 0 atom stereocenters. The van der Waals surface area contributed by atoms with E-state index in [-0.39, 0.29) is 6.16 Å². The molecule has 0 spiro atoms. The van der Waals surface area contributed by atoms with Gasteiger partial charge in [0.25, 0.3) is 0 Å². The van der Waals surface area contributed by atoms with Crippen molar-refractivity contribution in [3.05, 3.63) is 29.8 Å². The van der Waals surface area contributed by atoms with Crippen LogP contribution >= 0.6 is 7.60 Å². The molecule has 0 aliphatic carbocycles. The van der Waals surface area contributed by atoms with Gasteiger partial charge >= 0.3 is 14.7 Å². The van der Waals surface area contributed by atoms with Gasteiger partial charge in [0, 0.05) is 14.2 Å². The van der Waals surface area contributed by atoms with Gasteiger partial charge in [-0.2, -0.15) is 0 Å². The summed E-state index contributed by atoms with van der Waals surface area (Å²) in [6.07, 6.45) is 0.155. The summed E-state index contributed by atoms with van der Waals surface area (Å²) in [6.45, 7) is 0. The Labute approximate surface area is 94.7 Å². The standard InChI is InChI=1S/C9H14BO5P/c1-14-16(13,15-2)7-8-3-5-9(6-4-8)10(11)12/h3-6,11-12H,7H2,1-2H3. The summed E-state index contributed by atoms with van der Waals surface area (Å²) in [5.41, 5.74) is 1.13. The van der Waals surface area contributed by atoms with Crippen LogP contribution in [0.2, 0.25) is 0 Å². The summed E-state index contributed by atoms with van der Waals surface area (Å²) < 4.78 is 21.4. The minimum atomic E-state index is -3.07. The Morgan fingerprint density at radius 1 is 1.19 bits per heavy atom. The molecule has 7 heteroatoms. The van der Waals surface area contributed by atoms with Crippen LogP contribution in [0.4, 0.5) is 0 Å². The summed E-state index contributed by atoms with van der Waals surface area (Å²) in [6, 6.07) is 6.41. The minimum Gasteiger partial charge on any atom is -0.423 e. The van der Waals surface area contributed by atoms with Gasteiger partial charge in [-0.05, 0) is 11.0 Å². The molecule has 0 radical (unpaired) electrons. The molecular formula is C9H14BO5P. The molecule has 0 heterocycles. The Morgan fingerprint density at radius 2 is 1.69 bits per heavy atom. The summed E-state index contributed by atoms with van der Waals surface area (Å²) in [7, 11) is -1.90. The van der Waals surface area contributed by atoms with Crippen LogP contribution in [0.1, 0.15) is 5.56 Å². The fraction of sp³-hybridized carbons (Fsp3) is 0.333. The first-order chi connectivity index (χ1) is 7.50. The van der Waals surface area contributed by atoms with Gasteiger partial charge in [-0.3, -0.25) is 4.57 Å². The fourth-order valence-electron chi connectivity index (χ4n) is 1.22. The highest BCUT2D eigenvalue weighted by molar-refractivity contribution is 7.52. The molecule has 1 rings (SSSR count). The molecule has 1 aromatic rings. The molecule has 0 aliphatic rings. The number of hydrogen-bond acceptors (Lipinski definition) is 5. The zero-order chi connectivity index (χ0) is 12.2. The average Bonchev–Trinajstić information content (AvgIpc) is 2.29. The predicted molar refractivity (Wildman–Crippen MR) is 61.6 cm³/mol. The lowest BCUT2D eigenvalue weighted by molar-refractivity contribution is 0.275. The molecule has 88 valence electrons. The third kappa shape index (κ3) is 3.44. The molecule has 0 saturated carbocycles. The summed E-state index contributed by atoms with van der Waals surface area (Å²) in [4.78, 5) is 0. The fourth-order valence-corrected chi connectivity index (χ4v) is 2.29. The van der Waals surface area contributed by atoms with Crippen LogP contribution < -0.4 is 5.46 Å². The highest BCUT2D eigenvalue weighted by Crippen LogP contribution is 2.49. The molecule has 1 aromatic carbocycles. The van der Waals surface area contributed by atoms with Crippen molar-refractivity contribution in [1.82, 2.24) is 0 Å². The lowest BCUT2D eigenvalue weighted by Gasteiger charge is -2.13. The van der Waals surface area contributed by atoms with Gasteiger partial charge in [-0.25, -0.2) is 0 Å². The van der Waals surface area contributed by atoms with Gasteiger partial charge in [-0.15, -0.1) is 0 Å². The van der Waals surface area contributed by atoms with Crippen LogP contribution in [0.25, 0.3) is 0 Å². The first-order valence-electron chi connectivity index (χ1n) is 4.66. The van der Waals surface area contributed by atoms with E-state index >= 15 is 0 Å². The van der Waals surface area contributed by atoms with Crippen molar-refractivity contribution in [2.75, 3.05) is 14.2 Å². The third-order valence-electron chi connectivity index (χ3n) is 2.21. The van der Waals surface area contributed by atoms with Crippen LogP contribution in [0.3, 0.4) is 0 Å². The van der Waals surface area contributed by atoms with E-state index in [1.54, 1.807) is 24.3 Å². The van der Waals surface area contributed by atoms with Crippen molar-refractivity contribution in [3.63, 3.8) is 0 Å². The Hall–Kier alpha value is -0.645. The number of rotatable bonds is 5. The maximum absolute atomic E-state index is 11.8. The third-order valence-corrected chi connectivity index (χ3v) is 4.08. The quantitative estimate of drug-likeness (QED) is 0.577. The maximum atomic E-state index is 11.8. The Bertz CT molecular complexity index is 370. The minimum absolute atomic E-state index is 0.155. The SMILES string of the molecule is COP(=O)(Cc1ccc(B(O)O)cc1)OC. The Balaban J connectivity index is 2.79. The topological polar surface area (TPSA) is 76.0 Å². The molecule has 0 amide bonds. The molecule has 0 bridgehead atoms. The molecule has 0 unspecified atom stereocenters. The first kappa shape index (κ1) is 13.4. The molecule has 0 aromatic heterocycles. The van der Waals surface area contributed by atoms with Gasteiger partial charge in [-0.1, -0.05) is 24.3 Å². The van der Waals surface area contributed by atoms with Crippen LogP contribution in [0, 0.1) is 0 Å². The summed E-state index contributed by atoms with van der Waals surface area (Å²) in [5.74, 6) is 0. The van der Waals surface area contributed by atoms with Crippen molar-refractivity contribution in [1.29, 1.82) is 0 Å². The lowest BCUT2D eigenvalue weighted by Crippen LogP contribution is -2.29. The summed E-state index contributed by atoms with van der Waals surface area (Å²) in [5, 5.41) is 17.8. The molecule has 0 fully saturated rings. The van der Waals surface area contributed by atoms with Crippen LogP contribution in [-0.4, -0.2) is 31.4 Å². The molecule has 16 heavy (non-hydrogen) atoms. The molecule has 5 nitrogen and oxygen atoms in total. The van der Waals surface area contributed by atoms with Crippen LogP contribution in [-0.2, 0) is 19.8 Å². The molecule has 0 saturated heterocycles. The molecule has 2 N–H and O–H groups in total. The highest BCUT2D eigenvalue weighted by atomic mass is 31.2. The average molecular weight is 244 g/mol. The van der Waals surface area contributed by atoms with E-state index in [9.17, 15) is 4.57 Å². The Morgan fingerprint density at radius 3 is 2.06 bits per heavy atom. The van der Waals surface area contributed by atoms with E-state index in [4.69, 9.17) is 19.1 Å². The second-order valence-electron chi connectivity index (χ2n) is 3.25. The monoisotopic (exact) mass is 244 g/mol. The van der Waals surface area contributed by atoms with Gasteiger partial charge in [0.05, 0.1) is 6.16 Å². The van der Waals surface area contributed by atoms with E-state index in [1.807, 2.05) is 0 Å². The van der Waals surface area contributed by atoms with Gasteiger partial charge in [0.2, 0.25) is 0 Å². The van der Waals surface area contributed by atoms with Gasteiger partial charge < -0.3 is 19.1 Å². The van der Waals surface area contributed by atoms with Crippen LogP contribution in [0.5, 0.6) is 0 Å². The molecule has 0 aliphatic heterocycles. The van der Waals surface area contributed by atoms with Gasteiger partial charge in [0.1, 0.15) is 0 Å². The normalized spacial score (nSPS) is 11.5. The van der Waals surface area contributed by atoms with E-state index < -0.39 is 14.7 Å². The van der Waals surface area contributed by atoms with E-state index in [1.165, 1.54) is 14.2 Å². The largest absolute Gasteiger partial charge is 0.488 e. The number of hydrogen-bond donors (Lipinski definition) is 2. The van der Waals surface area contributed by atoms with E-state index in [2.05, 4.69) is 0 Å². The second kappa shape index (κ2) is 5.61. The first-order valence-corrected chi connectivity index (χ1v) is 6.39. The maximum Gasteiger partial charge on any atom is 0.488 e. The second-order valence-corrected chi connectivity index (χ2v) is 5.52. The number of benzene rings is 1. The lowest BCUT2D eigenvalue weighted by atomic mass is 9.80. The van der Waals surface area contributed by atoms with Crippen molar-refractivity contribution in [3.8, 4) is 0 Å². The summed E-state index contributed by atoms with van der Waals surface area (Å²) >= 11 is 0.